The summed E-state index contributed by atoms with van der Waals surface area (Å²) >= 11 is 0. The van der Waals surface area contributed by atoms with Crippen LogP contribution >= 0.6 is 0 Å². The van der Waals surface area contributed by atoms with Crippen molar-refractivity contribution in [2.45, 2.75) is 14.7 Å². The Morgan fingerprint density at radius 1 is 0.757 bits per heavy atom. The third kappa shape index (κ3) is 8.50. The van der Waals surface area contributed by atoms with E-state index in [0.29, 0.717) is 12.1 Å². The van der Waals surface area contributed by atoms with Crippen LogP contribution in [0, 0.1) is 10.1 Å². The smallest absolute Gasteiger partial charge is 0.744 e. The molecule has 0 atom stereocenters. The maximum atomic E-state index is 12.6. The van der Waals surface area contributed by atoms with E-state index in [4.69, 9.17) is 0 Å². The minimum absolute atomic E-state index is 0. The third-order valence-electron chi connectivity index (χ3n) is 4.41. The van der Waals surface area contributed by atoms with Gasteiger partial charge in [0.25, 0.3) is 11.6 Å². The van der Waals surface area contributed by atoms with E-state index in [2.05, 4.69) is 5.32 Å². The van der Waals surface area contributed by atoms with Crippen LogP contribution in [0.3, 0.4) is 0 Å². The van der Waals surface area contributed by atoms with Gasteiger partial charge in [0.2, 0.25) is 0 Å². The predicted molar refractivity (Wildman–Crippen MR) is 109 cm³/mol. The average Bonchev–Trinajstić information content (AvgIpc) is 2.70. The quantitative estimate of drug-likeness (QED) is 0.120. The summed E-state index contributed by atoms with van der Waals surface area (Å²) < 4.78 is 105. The Bertz CT molecular complexity index is 1710. The molecule has 0 aliphatic heterocycles. The fourth-order valence-corrected chi connectivity index (χ4v) is 5.02. The summed E-state index contributed by atoms with van der Waals surface area (Å²) in [6.07, 6.45) is 0. The molecule has 180 valence electrons. The molecule has 0 fully saturated rings. The van der Waals surface area contributed by atoms with E-state index in [-0.39, 0.29) is 100 Å². The Morgan fingerprint density at radius 3 is 1.81 bits per heavy atom. The van der Waals surface area contributed by atoms with Crippen molar-refractivity contribution in [3.8, 4) is 0 Å². The zero-order chi connectivity index (χ0) is 25.6. The molecule has 0 aromatic heterocycles. The van der Waals surface area contributed by atoms with Gasteiger partial charge in [0.1, 0.15) is 30.4 Å². The van der Waals surface area contributed by atoms with Gasteiger partial charge in [-0.25, -0.2) is 25.3 Å². The Morgan fingerprint density at radius 2 is 1.32 bits per heavy atom. The first kappa shape index (κ1) is 36.5. The number of hydrogen-bond donors (Lipinski definition) is 1. The fraction of sp³-hybridized carbons (Fsp3) is 0. The second-order valence-electron chi connectivity index (χ2n) is 6.58. The van der Waals surface area contributed by atoms with E-state index in [9.17, 15) is 53.8 Å². The summed E-state index contributed by atoms with van der Waals surface area (Å²) in [5.74, 6) is -1.07. The molecule has 0 spiro atoms. The maximum Gasteiger partial charge on any atom is 1.00 e. The van der Waals surface area contributed by atoms with Crippen molar-refractivity contribution in [2.75, 3.05) is 5.32 Å². The predicted octanol–water partition coefficient (Wildman–Crippen LogP) is -8.28. The van der Waals surface area contributed by atoms with Gasteiger partial charge in [-0.15, -0.1) is 0 Å². The molecule has 0 radical (unpaired) electrons. The van der Waals surface area contributed by atoms with Crippen molar-refractivity contribution >= 4 is 58.4 Å². The normalized spacial score (nSPS) is 11.4. The number of anilines is 1. The van der Waals surface area contributed by atoms with Crippen molar-refractivity contribution in [1.29, 1.82) is 0 Å². The number of carbonyl (C=O) groups is 1. The van der Waals surface area contributed by atoms with Crippen LogP contribution in [0.5, 0.6) is 0 Å². The summed E-state index contributed by atoms with van der Waals surface area (Å²) in [4.78, 5) is 18.8. The van der Waals surface area contributed by atoms with Gasteiger partial charge in [0, 0.05) is 28.5 Å². The SMILES string of the molecule is O=C(Nc1ccc(S(=O)(=O)[O-])c2cc(S(=O)(=O)[O-])cc(S(=O)(=O)[O-])c12)c1cccc([N+](=O)[O-])c1.[Na+].[Na+].[Na+]. The molecule has 0 unspecified atom stereocenters. The molecule has 3 aromatic carbocycles. The van der Waals surface area contributed by atoms with E-state index >= 15 is 0 Å². The molecule has 3 aromatic rings. The Kier molecular flexibility index (Phi) is 13.1. The van der Waals surface area contributed by atoms with Gasteiger partial charge in [0.05, 0.1) is 25.3 Å². The third-order valence-corrected chi connectivity index (χ3v) is 6.97. The Hall–Kier alpha value is -0.480. The largest absolute Gasteiger partial charge is 1.00 e. The van der Waals surface area contributed by atoms with Gasteiger partial charge >= 0.3 is 88.7 Å². The minimum Gasteiger partial charge on any atom is -0.744 e. The van der Waals surface area contributed by atoms with Crippen LogP contribution in [0.15, 0.2) is 63.2 Å². The molecule has 20 heteroatoms. The molecule has 0 bridgehead atoms. The number of carbonyl (C=O) groups excluding carboxylic acids is 1. The van der Waals surface area contributed by atoms with Crippen molar-refractivity contribution in [3.63, 3.8) is 0 Å². The van der Waals surface area contributed by atoms with Gasteiger partial charge in [-0.1, -0.05) is 6.07 Å². The number of nitrogens with one attached hydrogen (secondary N) is 1. The molecule has 37 heavy (non-hydrogen) atoms. The van der Waals surface area contributed by atoms with Crippen LogP contribution in [0.25, 0.3) is 10.8 Å². The van der Waals surface area contributed by atoms with E-state index in [0.717, 1.165) is 30.3 Å². The zero-order valence-electron chi connectivity index (χ0n) is 19.2. The first-order valence-electron chi connectivity index (χ1n) is 8.54. The molecule has 0 aliphatic carbocycles. The number of benzene rings is 3. The van der Waals surface area contributed by atoms with E-state index in [1.165, 1.54) is 0 Å². The number of nitrogens with zero attached hydrogens (tertiary/aromatic N) is 1. The summed E-state index contributed by atoms with van der Waals surface area (Å²) in [6, 6.07) is 6.13. The average molecular weight is 598 g/mol. The molecule has 0 saturated carbocycles. The van der Waals surface area contributed by atoms with Crippen LogP contribution in [0.1, 0.15) is 10.4 Å². The Balaban J connectivity index is 0.00000432. The van der Waals surface area contributed by atoms with Crippen LogP contribution in [-0.4, -0.2) is 49.7 Å². The van der Waals surface area contributed by atoms with Gasteiger partial charge in [-0.05, 0) is 30.3 Å². The number of hydrogen-bond acceptors (Lipinski definition) is 12. The standard InChI is InChI=1S/C17H12N2O12S3.3Na/c20-17(9-2-1-3-10(6-9)19(21)22)18-13-4-5-14(33(26,27)28)12-7-11(32(23,24)25)8-15(16(12)13)34(29,30)31;;;/h1-8H,(H,18,20)(H,23,24,25)(H,26,27,28)(H,29,30,31);;;/q;3*+1/p-3. The number of amides is 1. The van der Waals surface area contributed by atoms with Crippen molar-refractivity contribution in [1.82, 2.24) is 0 Å². The second kappa shape index (κ2) is 13.2. The molecule has 3 rings (SSSR count). The first-order chi connectivity index (χ1) is 15.5. The summed E-state index contributed by atoms with van der Waals surface area (Å²) in [5.41, 5.74) is -1.34. The molecule has 0 saturated heterocycles. The second-order valence-corrected chi connectivity index (χ2v) is 10.7. The monoisotopic (exact) mass is 598 g/mol. The van der Waals surface area contributed by atoms with Gasteiger partial charge in [-0.3, -0.25) is 14.9 Å². The topological polar surface area (TPSA) is 244 Å². The van der Waals surface area contributed by atoms with E-state index in [1.54, 1.807) is 0 Å². The van der Waals surface area contributed by atoms with Gasteiger partial charge in [0.15, 0.2) is 0 Å². The van der Waals surface area contributed by atoms with Gasteiger partial charge < -0.3 is 19.0 Å². The Labute approximate surface area is 276 Å². The van der Waals surface area contributed by atoms with E-state index < -0.39 is 78.0 Å². The molecule has 0 aliphatic rings. The summed E-state index contributed by atoms with van der Waals surface area (Å²) in [5, 5.41) is 11.3. The molecular formula is C17H9N2Na3O12S3. The maximum absolute atomic E-state index is 12.6. The number of fused-ring (bicyclic) bond motifs is 1. The van der Waals surface area contributed by atoms with Crippen molar-refractivity contribution in [3.05, 3.63) is 64.2 Å². The van der Waals surface area contributed by atoms with Crippen LogP contribution in [-0.2, 0) is 30.4 Å². The fourth-order valence-electron chi connectivity index (χ4n) is 3.01. The summed E-state index contributed by atoms with van der Waals surface area (Å²) in [6.45, 7) is 0. The zero-order valence-corrected chi connectivity index (χ0v) is 27.6. The van der Waals surface area contributed by atoms with Crippen LogP contribution in [0.4, 0.5) is 11.4 Å². The van der Waals surface area contributed by atoms with Crippen LogP contribution < -0.4 is 94.0 Å². The summed E-state index contributed by atoms with van der Waals surface area (Å²) in [7, 11) is -16.4. The number of rotatable bonds is 6. The minimum atomic E-state index is -5.61. The number of nitro benzene ring substituents is 1. The van der Waals surface area contributed by atoms with Crippen LogP contribution in [0.2, 0.25) is 0 Å². The molecule has 1 amide bonds. The van der Waals surface area contributed by atoms with Gasteiger partial charge in [-0.2, -0.15) is 0 Å². The molecule has 0 heterocycles. The number of nitro groups is 1. The number of non-ortho nitro benzene ring substituents is 1. The molecular weight excluding hydrogens is 589 g/mol. The van der Waals surface area contributed by atoms with Crippen molar-refractivity contribution in [2.24, 2.45) is 0 Å². The van der Waals surface area contributed by atoms with Crippen molar-refractivity contribution < 1.29 is 137 Å². The molecule has 1 N–H and O–H groups in total. The van der Waals surface area contributed by atoms with E-state index in [1.807, 2.05) is 0 Å². The first-order valence-corrected chi connectivity index (χ1v) is 12.8. The molecule has 14 nitrogen and oxygen atoms in total.